The van der Waals surface area contributed by atoms with E-state index in [-0.39, 0.29) is 23.2 Å². The molecule has 0 aliphatic carbocycles. The van der Waals surface area contributed by atoms with E-state index < -0.39 is 5.92 Å². The van der Waals surface area contributed by atoms with Crippen LogP contribution in [0.4, 0.5) is 4.79 Å². The van der Waals surface area contributed by atoms with Gasteiger partial charge in [-0.1, -0.05) is 17.8 Å². The Balaban J connectivity index is 1.69. The topological polar surface area (TPSA) is 82.6 Å². The fourth-order valence-corrected chi connectivity index (χ4v) is 3.82. The molecular formula is C15H16N4O3S. The molecule has 1 N–H and O–H groups in total. The van der Waals surface area contributed by atoms with E-state index in [9.17, 15) is 14.4 Å². The number of carbonyl (C=O) groups excluding carboxylic acids is 3. The third-order valence-corrected chi connectivity index (χ3v) is 5.30. The summed E-state index contributed by atoms with van der Waals surface area (Å²) in [6.45, 7) is 0.364. The molecule has 2 aliphatic heterocycles. The molecular weight excluding hydrogens is 316 g/mol. The zero-order chi connectivity index (χ0) is 16.6. The first-order valence-corrected chi connectivity index (χ1v) is 7.97. The number of aromatic nitrogens is 1. The molecule has 0 bridgehead atoms. The van der Waals surface area contributed by atoms with E-state index in [1.165, 1.54) is 23.7 Å². The van der Waals surface area contributed by atoms with Crippen LogP contribution in [-0.4, -0.2) is 52.1 Å². The first-order valence-electron chi connectivity index (χ1n) is 7.09. The van der Waals surface area contributed by atoms with Gasteiger partial charge in [-0.3, -0.25) is 19.5 Å². The number of nitrogens with one attached hydrogen (secondary N) is 1. The second-order valence-electron chi connectivity index (χ2n) is 5.40. The van der Waals surface area contributed by atoms with Crippen molar-refractivity contribution in [3.8, 4) is 0 Å². The van der Waals surface area contributed by atoms with Gasteiger partial charge in [0, 0.05) is 33.0 Å². The van der Waals surface area contributed by atoms with Gasteiger partial charge in [0.05, 0.1) is 16.2 Å². The Morgan fingerprint density at radius 3 is 2.87 bits per heavy atom. The zero-order valence-corrected chi connectivity index (χ0v) is 13.5. The predicted molar refractivity (Wildman–Crippen MR) is 85.0 cm³/mol. The lowest BCUT2D eigenvalue weighted by Crippen LogP contribution is -2.56. The second kappa shape index (κ2) is 6.04. The SMILES string of the molecule is CN1C(=O)C2C=C(C(=O)NCc3cccnc3)SC2N(C)C1=O. The summed E-state index contributed by atoms with van der Waals surface area (Å²) in [5.74, 6) is -1.00. The van der Waals surface area contributed by atoms with Crippen LogP contribution < -0.4 is 5.32 Å². The highest BCUT2D eigenvalue weighted by atomic mass is 32.2. The van der Waals surface area contributed by atoms with Gasteiger partial charge in [0.25, 0.3) is 5.91 Å². The van der Waals surface area contributed by atoms with E-state index in [1.54, 1.807) is 31.6 Å². The van der Waals surface area contributed by atoms with Gasteiger partial charge in [0.1, 0.15) is 0 Å². The third kappa shape index (κ3) is 2.81. The second-order valence-corrected chi connectivity index (χ2v) is 6.56. The first-order chi connectivity index (χ1) is 11.0. The molecule has 0 spiro atoms. The van der Waals surface area contributed by atoms with Gasteiger partial charge in [0.15, 0.2) is 0 Å². The van der Waals surface area contributed by atoms with Crippen molar-refractivity contribution in [2.75, 3.05) is 14.1 Å². The molecule has 8 heteroatoms. The zero-order valence-electron chi connectivity index (χ0n) is 12.7. The molecule has 2 atom stereocenters. The van der Waals surface area contributed by atoms with Crippen LogP contribution in [0.15, 0.2) is 35.5 Å². The number of pyridine rings is 1. The molecule has 23 heavy (non-hydrogen) atoms. The Morgan fingerprint density at radius 2 is 2.17 bits per heavy atom. The Hall–Kier alpha value is -2.35. The fourth-order valence-electron chi connectivity index (χ4n) is 2.57. The van der Waals surface area contributed by atoms with Gasteiger partial charge in [-0.15, -0.1) is 0 Å². The number of amides is 4. The van der Waals surface area contributed by atoms with E-state index in [2.05, 4.69) is 10.3 Å². The van der Waals surface area contributed by atoms with Gasteiger partial charge in [-0.05, 0) is 17.7 Å². The highest BCUT2D eigenvalue weighted by molar-refractivity contribution is 8.04. The molecule has 3 heterocycles. The van der Waals surface area contributed by atoms with Crippen LogP contribution in [0.5, 0.6) is 0 Å². The summed E-state index contributed by atoms with van der Waals surface area (Å²) < 4.78 is 0. The van der Waals surface area contributed by atoms with E-state index >= 15 is 0 Å². The minimum absolute atomic E-state index is 0.246. The van der Waals surface area contributed by atoms with Crippen molar-refractivity contribution in [3.05, 3.63) is 41.1 Å². The van der Waals surface area contributed by atoms with Gasteiger partial charge in [-0.2, -0.15) is 0 Å². The maximum atomic E-state index is 12.3. The van der Waals surface area contributed by atoms with E-state index in [4.69, 9.17) is 0 Å². The summed E-state index contributed by atoms with van der Waals surface area (Å²) in [5, 5.41) is 2.45. The lowest BCUT2D eigenvalue weighted by atomic mass is 10.0. The molecule has 1 aromatic heterocycles. The van der Waals surface area contributed by atoms with Crippen molar-refractivity contribution < 1.29 is 14.4 Å². The number of nitrogens with zero attached hydrogens (tertiary/aromatic N) is 3. The van der Waals surface area contributed by atoms with Crippen LogP contribution >= 0.6 is 11.8 Å². The molecule has 3 rings (SSSR count). The Morgan fingerprint density at radius 1 is 1.39 bits per heavy atom. The minimum Gasteiger partial charge on any atom is -0.347 e. The fraction of sp³-hybridized carbons (Fsp3) is 0.333. The summed E-state index contributed by atoms with van der Waals surface area (Å²) in [6, 6.07) is 3.32. The largest absolute Gasteiger partial charge is 0.347 e. The summed E-state index contributed by atoms with van der Waals surface area (Å²) in [4.78, 5) is 43.5. The highest BCUT2D eigenvalue weighted by Crippen LogP contribution is 2.41. The van der Waals surface area contributed by atoms with Gasteiger partial charge in [0.2, 0.25) is 5.91 Å². The summed E-state index contributed by atoms with van der Waals surface area (Å²) >= 11 is 1.25. The number of hydrogen-bond acceptors (Lipinski definition) is 5. The van der Waals surface area contributed by atoms with Crippen molar-refractivity contribution in [2.24, 2.45) is 5.92 Å². The van der Waals surface area contributed by atoms with Crippen molar-refractivity contribution in [2.45, 2.75) is 11.9 Å². The van der Waals surface area contributed by atoms with Crippen molar-refractivity contribution in [1.29, 1.82) is 0 Å². The molecule has 2 aliphatic rings. The van der Waals surface area contributed by atoms with E-state index in [1.807, 2.05) is 6.07 Å². The van der Waals surface area contributed by atoms with Gasteiger partial charge >= 0.3 is 6.03 Å². The average Bonchev–Trinajstić information content (AvgIpc) is 3.02. The lowest BCUT2D eigenvalue weighted by molar-refractivity contribution is -0.133. The molecule has 0 saturated carbocycles. The Kier molecular flexibility index (Phi) is 4.08. The summed E-state index contributed by atoms with van der Waals surface area (Å²) in [5.41, 5.74) is 0.893. The number of imide groups is 1. The molecule has 0 aromatic carbocycles. The van der Waals surface area contributed by atoms with Crippen LogP contribution in [0.3, 0.4) is 0 Å². The smallest absolute Gasteiger partial charge is 0.327 e. The van der Waals surface area contributed by atoms with Crippen molar-refractivity contribution >= 4 is 29.6 Å². The number of carbonyl (C=O) groups is 3. The maximum Gasteiger partial charge on any atom is 0.327 e. The molecule has 120 valence electrons. The molecule has 2 unspecified atom stereocenters. The normalized spacial score (nSPS) is 23.7. The maximum absolute atomic E-state index is 12.3. The number of rotatable bonds is 3. The van der Waals surface area contributed by atoms with Crippen LogP contribution in [0.2, 0.25) is 0 Å². The van der Waals surface area contributed by atoms with E-state index in [0.717, 1.165) is 10.5 Å². The number of hydrogen-bond donors (Lipinski definition) is 1. The third-order valence-electron chi connectivity index (χ3n) is 3.87. The highest BCUT2D eigenvalue weighted by Gasteiger charge is 2.47. The van der Waals surface area contributed by atoms with Crippen molar-refractivity contribution in [1.82, 2.24) is 20.1 Å². The number of urea groups is 1. The molecule has 0 radical (unpaired) electrons. The molecule has 1 aromatic rings. The molecule has 4 amide bonds. The Labute approximate surface area is 137 Å². The quantitative estimate of drug-likeness (QED) is 0.885. The molecule has 1 fully saturated rings. The molecule has 7 nitrogen and oxygen atoms in total. The summed E-state index contributed by atoms with van der Waals surface area (Å²) in [7, 11) is 3.09. The Bertz CT molecular complexity index is 691. The first kappa shape index (κ1) is 15.5. The number of fused-ring (bicyclic) bond motifs is 1. The lowest BCUT2D eigenvalue weighted by Gasteiger charge is -2.37. The van der Waals surface area contributed by atoms with Gasteiger partial charge in [-0.25, -0.2) is 4.79 Å². The molecule has 1 saturated heterocycles. The standard InChI is InChI=1S/C15H16N4O3S/c1-18-13(21)10-6-11(23-14(10)19(2)15(18)22)12(20)17-8-9-4-3-5-16-7-9/h3-7,10,14H,8H2,1-2H3,(H,17,20). The minimum atomic E-state index is -0.480. The monoisotopic (exact) mass is 332 g/mol. The van der Waals surface area contributed by atoms with Crippen LogP contribution in [0, 0.1) is 5.92 Å². The number of thioether (sulfide) groups is 1. The summed E-state index contributed by atoms with van der Waals surface area (Å²) in [6.07, 6.45) is 5.00. The van der Waals surface area contributed by atoms with Crippen LogP contribution in [-0.2, 0) is 16.1 Å². The van der Waals surface area contributed by atoms with Gasteiger partial charge < -0.3 is 10.2 Å². The van der Waals surface area contributed by atoms with Crippen LogP contribution in [0.1, 0.15) is 5.56 Å². The van der Waals surface area contributed by atoms with Crippen molar-refractivity contribution in [3.63, 3.8) is 0 Å². The average molecular weight is 332 g/mol. The van der Waals surface area contributed by atoms with Crippen LogP contribution in [0.25, 0.3) is 0 Å². The predicted octanol–water partition coefficient (Wildman–Crippen LogP) is 0.795. The van der Waals surface area contributed by atoms with E-state index in [0.29, 0.717) is 11.4 Å².